The molecule has 2 rings (SSSR count). The second kappa shape index (κ2) is 10.2. The fraction of sp³-hybridized carbons (Fsp3) is 0.333. The fourth-order valence-electron chi connectivity index (χ4n) is 2.86. The summed E-state index contributed by atoms with van der Waals surface area (Å²) in [5.74, 6) is 0.635. The molecule has 144 valence electrons. The number of hydrogen-bond donors (Lipinski definition) is 3. The van der Waals surface area contributed by atoms with Crippen LogP contribution in [0.15, 0.2) is 48.5 Å². The Hall–Kier alpha value is -3.02. The largest absolute Gasteiger partial charge is 0.497 e. The van der Waals surface area contributed by atoms with Gasteiger partial charge in [-0.2, -0.15) is 0 Å². The van der Waals surface area contributed by atoms with E-state index < -0.39 is 6.09 Å². The summed E-state index contributed by atoms with van der Waals surface area (Å²) in [7, 11) is 1.64. The lowest BCUT2D eigenvalue weighted by Gasteiger charge is -2.19. The molecule has 27 heavy (non-hydrogen) atoms. The Labute approximate surface area is 159 Å². The van der Waals surface area contributed by atoms with Crippen LogP contribution in [-0.4, -0.2) is 30.3 Å². The first-order valence-corrected chi connectivity index (χ1v) is 9.05. The first-order chi connectivity index (χ1) is 13.0. The van der Waals surface area contributed by atoms with Gasteiger partial charge in [0.05, 0.1) is 7.11 Å². The minimum atomic E-state index is -1.13. The van der Waals surface area contributed by atoms with Gasteiger partial charge in [0.2, 0.25) is 0 Å². The third-order valence-electron chi connectivity index (χ3n) is 4.26. The van der Waals surface area contributed by atoms with E-state index in [1.807, 2.05) is 24.3 Å². The van der Waals surface area contributed by atoms with E-state index in [1.54, 1.807) is 31.4 Å². The molecule has 3 N–H and O–H groups in total. The number of carbonyl (C=O) groups is 2. The molecule has 1 atom stereocenters. The minimum absolute atomic E-state index is 0.0152. The van der Waals surface area contributed by atoms with Gasteiger partial charge < -0.3 is 15.2 Å². The second-order valence-corrected chi connectivity index (χ2v) is 6.38. The lowest BCUT2D eigenvalue weighted by Crippen LogP contribution is -2.36. The van der Waals surface area contributed by atoms with Crippen LogP contribution in [0.2, 0.25) is 0 Å². The summed E-state index contributed by atoms with van der Waals surface area (Å²) in [6, 6.07) is 14.2. The van der Waals surface area contributed by atoms with Crippen molar-refractivity contribution in [2.45, 2.75) is 38.6 Å². The van der Waals surface area contributed by atoms with Crippen LogP contribution in [-0.2, 0) is 6.42 Å². The van der Waals surface area contributed by atoms with Gasteiger partial charge in [-0.25, -0.2) is 4.79 Å². The molecule has 0 saturated heterocycles. The number of ether oxygens (including phenoxy) is 1. The normalized spacial score (nSPS) is 11.5. The highest BCUT2D eigenvalue weighted by Crippen LogP contribution is 2.17. The molecule has 0 saturated carbocycles. The van der Waals surface area contributed by atoms with E-state index in [0.717, 1.165) is 37.0 Å². The van der Waals surface area contributed by atoms with Crippen molar-refractivity contribution in [3.8, 4) is 5.75 Å². The number of nitrogens with one attached hydrogen (secondary N) is 2. The quantitative estimate of drug-likeness (QED) is 0.613. The monoisotopic (exact) mass is 370 g/mol. The number of hydrogen-bond acceptors (Lipinski definition) is 3. The van der Waals surface area contributed by atoms with Gasteiger partial charge in [0, 0.05) is 17.3 Å². The molecule has 0 fully saturated rings. The molecule has 0 aliphatic heterocycles. The maximum absolute atomic E-state index is 12.6. The first-order valence-electron chi connectivity index (χ1n) is 9.05. The van der Waals surface area contributed by atoms with Gasteiger partial charge in [-0.1, -0.05) is 31.9 Å². The van der Waals surface area contributed by atoms with Crippen LogP contribution in [0.25, 0.3) is 0 Å². The van der Waals surface area contributed by atoms with Crippen molar-refractivity contribution in [2.24, 2.45) is 0 Å². The predicted octanol–water partition coefficient (Wildman–Crippen LogP) is 4.32. The molecule has 0 aliphatic carbocycles. The molecular formula is C21H26N2O4. The van der Waals surface area contributed by atoms with Gasteiger partial charge in [0.15, 0.2) is 0 Å². The molecule has 2 aromatic carbocycles. The molecule has 0 aromatic heterocycles. The Balaban J connectivity index is 2.05. The Kier molecular flexibility index (Phi) is 7.67. The molecular weight excluding hydrogens is 344 g/mol. The standard InChI is InChI=1S/C21H26N2O4/c1-3-4-7-18(13-15-6-5-8-19(14-15)27-2)22-20(24)16-9-11-17(12-10-16)23-21(25)26/h5-6,8-12,14,18,23H,3-4,7,13H2,1-2H3,(H,22,24)(H,25,26). The molecule has 2 amide bonds. The van der Waals surface area contributed by atoms with Crippen molar-refractivity contribution < 1.29 is 19.4 Å². The van der Waals surface area contributed by atoms with Crippen LogP contribution in [0.4, 0.5) is 10.5 Å². The van der Waals surface area contributed by atoms with Crippen LogP contribution in [0, 0.1) is 0 Å². The molecule has 6 nitrogen and oxygen atoms in total. The molecule has 0 heterocycles. The zero-order valence-corrected chi connectivity index (χ0v) is 15.7. The van der Waals surface area contributed by atoms with E-state index in [0.29, 0.717) is 11.3 Å². The number of amides is 2. The van der Waals surface area contributed by atoms with E-state index in [9.17, 15) is 9.59 Å². The molecule has 0 spiro atoms. The SMILES string of the molecule is CCCCC(Cc1cccc(OC)c1)NC(=O)c1ccc(NC(=O)O)cc1. The van der Waals surface area contributed by atoms with Crippen molar-refractivity contribution in [3.63, 3.8) is 0 Å². The molecule has 0 aliphatic rings. The van der Waals surface area contributed by atoms with Gasteiger partial charge in [-0.05, 0) is 54.8 Å². The van der Waals surface area contributed by atoms with Crippen molar-refractivity contribution in [3.05, 3.63) is 59.7 Å². The summed E-state index contributed by atoms with van der Waals surface area (Å²) in [4.78, 5) is 23.2. The number of rotatable bonds is 9. The van der Waals surface area contributed by atoms with Crippen molar-refractivity contribution >= 4 is 17.7 Å². The highest BCUT2D eigenvalue weighted by molar-refractivity contribution is 5.95. The summed E-state index contributed by atoms with van der Waals surface area (Å²) in [5.41, 5.74) is 2.04. The van der Waals surface area contributed by atoms with E-state index in [-0.39, 0.29) is 11.9 Å². The number of carboxylic acid groups (broad SMARTS) is 1. The molecule has 1 unspecified atom stereocenters. The van der Waals surface area contributed by atoms with E-state index in [2.05, 4.69) is 17.6 Å². The summed E-state index contributed by atoms with van der Waals surface area (Å²) in [6.07, 6.45) is 2.56. The van der Waals surface area contributed by atoms with E-state index in [4.69, 9.17) is 9.84 Å². The van der Waals surface area contributed by atoms with Gasteiger partial charge in [0.1, 0.15) is 5.75 Å². The zero-order chi connectivity index (χ0) is 19.6. The average molecular weight is 370 g/mol. The molecule has 0 radical (unpaired) electrons. The third-order valence-corrected chi connectivity index (χ3v) is 4.26. The average Bonchev–Trinajstić information content (AvgIpc) is 2.66. The van der Waals surface area contributed by atoms with Crippen LogP contribution < -0.4 is 15.4 Å². The van der Waals surface area contributed by atoms with Gasteiger partial charge >= 0.3 is 6.09 Å². The van der Waals surface area contributed by atoms with Crippen LogP contribution in [0.3, 0.4) is 0 Å². The molecule has 2 aromatic rings. The van der Waals surface area contributed by atoms with Crippen molar-refractivity contribution in [1.82, 2.24) is 5.32 Å². The number of anilines is 1. The third kappa shape index (κ3) is 6.66. The lowest BCUT2D eigenvalue weighted by molar-refractivity contribution is 0.0934. The van der Waals surface area contributed by atoms with E-state index in [1.165, 1.54) is 0 Å². The maximum Gasteiger partial charge on any atom is 0.409 e. The highest BCUT2D eigenvalue weighted by atomic mass is 16.5. The fourth-order valence-corrected chi connectivity index (χ4v) is 2.86. The van der Waals surface area contributed by atoms with E-state index >= 15 is 0 Å². The smallest absolute Gasteiger partial charge is 0.409 e. The first kappa shape index (κ1) is 20.3. The topological polar surface area (TPSA) is 87.7 Å². The van der Waals surface area contributed by atoms with Crippen LogP contribution >= 0.6 is 0 Å². The Morgan fingerprint density at radius 1 is 1.15 bits per heavy atom. The number of carbonyl (C=O) groups excluding carboxylic acids is 1. The van der Waals surface area contributed by atoms with Gasteiger partial charge in [-0.15, -0.1) is 0 Å². The van der Waals surface area contributed by atoms with Crippen molar-refractivity contribution in [1.29, 1.82) is 0 Å². The number of unbranched alkanes of at least 4 members (excludes halogenated alkanes) is 1. The Morgan fingerprint density at radius 3 is 2.52 bits per heavy atom. The molecule has 0 bridgehead atoms. The molecule has 6 heteroatoms. The number of benzene rings is 2. The second-order valence-electron chi connectivity index (χ2n) is 6.38. The minimum Gasteiger partial charge on any atom is -0.497 e. The lowest BCUT2D eigenvalue weighted by atomic mass is 10.00. The highest BCUT2D eigenvalue weighted by Gasteiger charge is 2.15. The zero-order valence-electron chi connectivity index (χ0n) is 15.7. The Morgan fingerprint density at radius 2 is 1.89 bits per heavy atom. The Bertz CT molecular complexity index is 759. The summed E-state index contributed by atoms with van der Waals surface area (Å²) in [5, 5.41) is 14.1. The predicted molar refractivity (Wildman–Crippen MR) is 106 cm³/mol. The summed E-state index contributed by atoms with van der Waals surface area (Å²) < 4.78 is 5.27. The number of methoxy groups -OCH3 is 1. The van der Waals surface area contributed by atoms with Gasteiger partial charge in [0.25, 0.3) is 5.91 Å². The van der Waals surface area contributed by atoms with Crippen LogP contribution in [0.5, 0.6) is 5.75 Å². The van der Waals surface area contributed by atoms with Crippen molar-refractivity contribution in [2.75, 3.05) is 12.4 Å². The maximum atomic E-state index is 12.6. The van der Waals surface area contributed by atoms with Crippen LogP contribution in [0.1, 0.15) is 42.1 Å². The van der Waals surface area contributed by atoms with Gasteiger partial charge in [-0.3, -0.25) is 10.1 Å². The summed E-state index contributed by atoms with van der Waals surface area (Å²) >= 11 is 0. The summed E-state index contributed by atoms with van der Waals surface area (Å²) in [6.45, 7) is 2.12.